The van der Waals surface area contributed by atoms with E-state index in [0.717, 1.165) is 54.9 Å². The molecule has 2 nitrogen and oxygen atoms in total. The number of hydrogen-bond acceptors (Lipinski definition) is 2. The highest BCUT2D eigenvalue weighted by Crippen LogP contribution is 2.67. The largest absolute Gasteiger partial charge is 0.393 e. The predicted molar refractivity (Wildman–Crippen MR) is 131 cm³/mol. The fourth-order valence-corrected chi connectivity index (χ4v) is 9.08. The van der Waals surface area contributed by atoms with Crippen molar-refractivity contribution in [1.82, 2.24) is 0 Å². The third-order valence-corrected chi connectivity index (χ3v) is 10.9. The van der Waals surface area contributed by atoms with Crippen molar-refractivity contribution >= 4 is 0 Å². The van der Waals surface area contributed by atoms with Crippen molar-refractivity contribution in [2.75, 3.05) is 0 Å². The van der Waals surface area contributed by atoms with Crippen LogP contribution in [0.3, 0.4) is 0 Å². The number of fused-ring (bicyclic) bond motifs is 5. The molecule has 2 heteroatoms. The van der Waals surface area contributed by atoms with Gasteiger partial charge < -0.3 is 10.2 Å². The topological polar surface area (TPSA) is 40.5 Å². The monoisotopic (exact) mass is 436 g/mol. The Labute approximate surface area is 195 Å². The van der Waals surface area contributed by atoms with E-state index in [-0.39, 0.29) is 12.2 Å². The molecule has 2 N–H and O–H groups in total. The molecule has 0 heterocycles. The Balaban J connectivity index is 1.27. The summed E-state index contributed by atoms with van der Waals surface area (Å²) < 4.78 is 0. The SMILES string of the molecule is C[C@@H](CC[C@@H](O)c1ccccc1)[C@H]1CC[C@H]2[C@@H]3CC=C4C[C@@H](O)CC[C@]4(C)[C@H]3CC[C@]12C. The summed E-state index contributed by atoms with van der Waals surface area (Å²) in [4.78, 5) is 0. The highest BCUT2D eigenvalue weighted by atomic mass is 16.3. The molecular formula is C30H44O2. The van der Waals surface area contributed by atoms with Crippen LogP contribution in [0, 0.1) is 40.4 Å². The van der Waals surface area contributed by atoms with E-state index in [1.54, 1.807) is 5.57 Å². The minimum atomic E-state index is -0.331. The highest BCUT2D eigenvalue weighted by Gasteiger charge is 2.59. The summed E-state index contributed by atoms with van der Waals surface area (Å²) in [6.07, 6.45) is 14.0. The van der Waals surface area contributed by atoms with Gasteiger partial charge >= 0.3 is 0 Å². The summed E-state index contributed by atoms with van der Waals surface area (Å²) in [6, 6.07) is 10.2. The molecule has 32 heavy (non-hydrogen) atoms. The molecule has 0 aliphatic heterocycles. The molecule has 4 aliphatic carbocycles. The Morgan fingerprint density at radius 3 is 2.53 bits per heavy atom. The third-order valence-electron chi connectivity index (χ3n) is 10.9. The fraction of sp³-hybridized carbons (Fsp3) is 0.733. The molecule has 0 unspecified atom stereocenters. The third kappa shape index (κ3) is 3.70. The van der Waals surface area contributed by atoms with Crippen LogP contribution in [0.5, 0.6) is 0 Å². The number of benzene rings is 1. The standard InChI is InChI=1S/C30H44O2/c1-20(9-14-28(32)21-7-5-4-6-8-21)25-12-13-26-24-11-10-22-19-23(31)15-17-29(22,2)27(24)16-18-30(25,26)3/h4-8,10,20,23-28,31-32H,9,11-19H2,1-3H3/t20-,23-,24-,25+,26-,27-,28+,29-,30+/m0/s1. The summed E-state index contributed by atoms with van der Waals surface area (Å²) in [5.41, 5.74) is 3.45. The lowest BCUT2D eigenvalue weighted by Crippen LogP contribution is -2.50. The minimum absolute atomic E-state index is 0.109. The van der Waals surface area contributed by atoms with Crippen LogP contribution in [-0.2, 0) is 0 Å². The van der Waals surface area contributed by atoms with Crippen LogP contribution >= 0.6 is 0 Å². The predicted octanol–water partition coefficient (Wildman–Crippen LogP) is 7.08. The lowest BCUT2D eigenvalue weighted by molar-refractivity contribution is -0.0577. The summed E-state index contributed by atoms with van der Waals surface area (Å²) in [5.74, 6) is 3.99. The molecule has 0 saturated heterocycles. The maximum absolute atomic E-state index is 10.7. The molecule has 176 valence electrons. The molecule has 1 aromatic rings. The van der Waals surface area contributed by atoms with Gasteiger partial charge in [0.15, 0.2) is 0 Å². The molecule has 0 bridgehead atoms. The first-order chi connectivity index (χ1) is 15.3. The Bertz CT molecular complexity index is 830. The Morgan fingerprint density at radius 1 is 0.969 bits per heavy atom. The Kier molecular flexibility index (Phi) is 6.08. The van der Waals surface area contributed by atoms with E-state index in [4.69, 9.17) is 0 Å². The van der Waals surface area contributed by atoms with E-state index >= 15 is 0 Å². The van der Waals surface area contributed by atoms with Crippen molar-refractivity contribution < 1.29 is 10.2 Å². The molecule has 5 rings (SSSR count). The zero-order chi connectivity index (χ0) is 22.5. The lowest BCUT2D eigenvalue weighted by atomic mass is 9.47. The molecule has 0 spiro atoms. The smallest absolute Gasteiger partial charge is 0.0790 e. The van der Waals surface area contributed by atoms with Crippen molar-refractivity contribution in [3.63, 3.8) is 0 Å². The average Bonchev–Trinajstić information content (AvgIpc) is 3.15. The lowest BCUT2D eigenvalue weighted by Gasteiger charge is -2.58. The molecule has 9 atom stereocenters. The Morgan fingerprint density at radius 2 is 1.75 bits per heavy atom. The van der Waals surface area contributed by atoms with Crippen LogP contribution in [-0.4, -0.2) is 16.3 Å². The normalized spacial score (nSPS) is 42.9. The molecule has 4 aliphatic rings. The van der Waals surface area contributed by atoms with E-state index in [1.807, 2.05) is 18.2 Å². The molecule has 0 aromatic heterocycles. The summed E-state index contributed by atoms with van der Waals surface area (Å²) in [6.45, 7) is 7.62. The van der Waals surface area contributed by atoms with Gasteiger partial charge in [-0.2, -0.15) is 0 Å². The summed E-state index contributed by atoms with van der Waals surface area (Å²) in [5, 5.41) is 20.9. The van der Waals surface area contributed by atoms with Crippen LogP contribution < -0.4 is 0 Å². The Hall–Kier alpha value is -1.12. The van der Waals surface area contributed by atoms with Crippen LogP contribution in [0.4, 0.5) is 0 Å². The van der Waals surface area contributed by atoms with Gasteiger partial charge in [-0.3, -0.25) is 0 Å². The number of aliphatic hydroxyl groups is 2. The molecule has 3 saturated carbocycles. The van der Waals surface area contributed by atoms with Gasteiger partial charge in [0.05, 0.1) is 12.2 Å². The first kappa shape index (κ1) is 22.7. The van der Waals surface area contributed by atoms with E-state index < -0.39 is 0 Å². The van der Waals surface area contributed by atoms with E-state index in [2.05, 4.69) is 39.0 Å². The summed E-state index contributed by atoms with van der Waals surface area (Å²) in [7, 11) is 0. The zero-order valence-corrected chi connectivity index (χ0v) is 20.5. The zero-order valence-electron chi connectivity index (χ0n) is 20.5. The van der Waals surface area contributed by atoms with Gasteiger partial charge in [-0.15, -0.1) is 0 Å². The quantitative estimate of drug-likeness (QED) is 0.484. The number of aliphatic hydroxyl groups excluding tert-OH is 2. The van der Waals surface area contributed by atoms with Crippen molar-refractivity contribution in [2.45, 2.75) is 97.2 Å². The number of allylic oxidation sites excluding steroid dienone is 1. The maximum atomic E-state index is 10.7. The number of hydrogen-bond donors (Lipinski definition) is 2. The first-order valence-corrected chi connectivity index (χ1v) is 13.4. The summed E-state index contributed by atoms with van der Waals surface area (Å²) >= 11 is 0. The molecular weight excluding hydrogens is 392 g/mol. The van der Waals surface area contributed by atoms with Gasteiger partial charge in [-0.25, -0.2) is 0 Å². The van der Waals surface area contributed by atoms with Crippen molar-refractivity contribution in [2.24, 2.45) is 40.4 Å². The second kappa shape index (κ2) is 8.58. The average molecular weight is 437 g/mol. The fourth-order valence-electron chi connectivity index (χ4n) is 9.08. The molecule has 1 aromatic carbocycles. The van der Waals surface area contributed by atoms with E-state index in [0.29, 0.717) is 16.7 Å². The van der Waals surface area contributed by atoms with Crippen LogP contribution in [0.2, 0.25) is 0 Å². The molecule has 0 radical (unpaired) electrons. The second-order valence-electron chi connectivity index (χ2n) is 12.4. The van der Waals surface area contributed by atoms with Crippen LogP contribution in [0.25, 0.3) is 0 Å². The van der Waals surface area contributed by atoms with Gasteiger partial charge in [0.1, 0.15) is 0 Å². The van der Waals surface area contributed by atoms with Crippen molar-refractivity contribution in [3.05, 3.63) is 47.5 Å². The van der Waals surface area contributed by atoms with Crippen molar-refractivity contribution in [1.29, 1.82) is 0 Å². The van der Waals surface area contributed by atoms with Gasteiger partial charge in [0, 0.05) is 0 Å². The molecule has 0 amide bonds. The van der Waals surface area contributed by atoms with Gasteiger partial charge in [0.25, 0.3) is 0 Å². The molecule has 3 fully saturated rings. The maximum Gasteiger partial charge on any atom is 0.0790 e. The van der Waals surface area contributed by atoms with Crippen LogP contribution in [0.15, 0.2) is 42.0 Å². The minimum Gasteiger partial charge on any atom is -0.393 e. The van der Waals surface area contributed by atoms with Crippen molar-refractivity contribution in [3.8, 4) is 0 Å². The van der Waals surface area contributed by atoms with Crippen LogP contribution in [0.1, 0.15) is 96.6 Å². The second-order valence-corrected chi connectivity index (χ2v) is 12.4. The van der Waals surface area contributed by atoms with E-state index in [1.165, 1.54) is 38.5 Å². The van der Waals surface area contributed by atoms with E-state index in [9.17, 15) is 10.2 Å². The van der Waals surface area contributed by atoms with Gasteiger partial charge in [0.2, 0.25) is 0 Å². The van der Waals surface area contributed by atoms with Gasteiger partial charge in [-0.1, -0.05) is 62.8 Å². The highest BCUT2D eigenvalue weighted by molar-refractivity contribution is 5.25. The number of rotatable bonds is 5. The first-order valence-electron chi connectivity index (χ1n) is 13.4. The van der Waals surface area contributed by atoms with Gasteiger partial charge in [-0.05, 0) is 110 Å².